The molecule has 1 aromatic rings. The van der Waals surface area contributed by atoms with Gasteiger partial charge in [0.1, 0.15) is 17.9 Å². The van der Waals surface area contributed by atoms with Gasteiger partial charge in [0.2, 0.25) is 5.91 Å². The van der Waals surface area contributed by atoms with Crippen molar-refractivity contribution >= 4 is 11.6 Å². The van der Waals surface area contributed by atoms with E-state index in [0.29, 0.717) is 5.69 Å². The first-order chi connectivity index (χ1) is 8.79. The molecule has 1 rings (SSSR count). The first kappa shape index (κ1) is 15.1. The number of nitro groups is 1. The Morgan fingerprint density at radius 2 is 2.16 bits per heavy atom. The van der Waals surface area contributed by atoms with Crippen LogP contribution >= 0.6 is 0 Å². The second-order valence-electron chi connectivity index (χ2n) is 4.47. The van der Waals surface area contributed by atoms with E-state index in [0.717, 1.165) is 0 Å². The van der Waals surface area contributed by atoms with Gasteiger partial charge in [-0.2, -0.15) is 5.10 Å². The molecule has 0 aliphatic rings. The molecule has 8 heteroatoms. The van der Waals surface area contributed by atoms with Gasteiger partial charge in [-0.15, -0.1) is 0 Å². The Morgan fingerprint density at radius 1 is 1.58 bits per heavy atom. The number of carbonyl (C=O) groups excluding carboxylic acids is 1. The van der Waals surface area contributed by atoms with Gasteiger partial charge in [-0.3, -0.25) is 19.6 Å². The summed E-state index contributed by atoms with van der Waals surface area (Å²) in [4.78, 5) is 23.7. The summed E-state index contributed by atoms with van der Waals surface area (Å²) < 4.78 is 1.32. The van der Waals surface area contributed by atoms with Gasteiger partial charge in [0.15, 0.2) is 0 Å². The SMILES string of the molecule is Cc1nn(CC(=O)N(C)C(C)CO)c(C)c1[N+](=O)[O-]. The van der Waals surface area contributed by atoms with Crippen LogP contribution < -0.4 is 0 Å². The molecule has 1 heterocycles. The minimum Gasteiger partial charge on any atom is -0.394 e. The Balaban J connectivity index is 2.92. The fraction of sp³-hybridized carbons (Fsp3) is 0.636. The summed E-state index contributed by atoms with van der Waals surface area (Å²) in [5.74, 6) is -0.262. The monoisotopic (exact) mass is 270 g/mol. The maximum absolute atomic E-state index is 11.9. The van der Waals surface area contributed by atoms with Crippen molar-refractivity contribution in [2.75, 3.05) is 13.7 Å². The van der Waals surface area contributed by atoms with E-state index in [2.05, 4.69) is 5.10 Å². The fourth-order valence-corrected chi connectivity index (χ4v) is 1.71. The fourth-order valence-electron chi connectivity index (χ4n) is 1.71. The van der Waals surface area contributed by atoms with E-state index in [-0.39, 0.29) is 36.5 Å². The van der Waals surface area contributed by atoms with Crippen LogP contribution in [0, 0.1) is 24.0 Å². The summed E-state index contributed by atoms with van der Waals surface area (Å²) in [5, 5.41) is 23.8. The summed E-state index contributed by atoms with van der Waals surface area (Å²) in [7, 11) is 1.57. The van der Waals surface area contributed by atoms with E-state index < -0.39 is 4.92 Å². The summed E-state index contributed by atoms with van der Waals surface area (Å²) in [6.07, 6.45) is 0. The molecule has 19 heavy (non-hydrogen) atoms. The highest BCUT2D eigenvalue weighted by molar-refractivity contribution is 5.76. The number of likely N-dealkylation sites (N-methyl/N-ethyl adjacent to an activating group) is 1. The minimum absolute atomic E-state index is 0.0642. The Labute approximate surface area is 110 Å². The van der Waals surface area contributed by atoms with Gasteiger partial charge in [-0.25, -0.2) is 0 Å². The molecule has 1 atom stereocenters. The van der Waals surface area contributed by atoms with Gasteiger partial charge in [-0.1, -0.05) is 0 Å². The Bertz CT molecular complexity index is 497. The highest BCUT2D eigenvalue weighted by Gasteiger charge is 2.24. The second kappa shape index (κ2) is 5.79. The van der Waals surface area contributed by atoms with E-state index in [9.17, 15) is 14.9 Å². The number of rotatable bonds is 5. The predicted molar refractivity (Wildman–Crippen MR) is 67.7 cm³/mol. The average molecular weight is 270 g/mol. The second-order valence-corrected chi connectivity index (χ2v) is 4.47. The molecule has 106 valence electrons. The predicted octanol–water partition coefficient (Wildman–Crippen LogP) is 0.247. The molecule has 0 aliphatic carbocycles. The van der Waals surface area contributed by atoms with E-state index in [1.165, 1.54) is 16.5 Å². The van der Waals surface area contributed by atoms with Gasteiger partial charge in [-0.05, 0) is 20.8 Å². The van der Waals surface area contributed by atoms with Crippen molar-refractivity contribution in [3.63, 3.8) is 0 Å². The van der Waals surface area contributed by atoms with Crippen LogP contribution in [0.4, 0.5) is 5.69 Å². The number of carbonyl (C=O) groups is 1. The van der Waals surface area contributed by atoms with Crippen LogP contribution in [0.25, 0.3) is 0 Å². The van der Waals surface area contributed by atoms with Crippen LogP contribution in [0.1, 0.15) is 18.3 Å². The number of amides is 1. The lowest BCUT2D eigenvalue weighted by atomic mass is 10.3. The van der Waals surface area contributed by atoms with Crippen molar-refractivity contribution in [2.45, 2.75) is 33.4 Å². The van der Waals surface area contributed by atoms with Crippen LogP contribution in [-0.4, -0.2) is 50.3 Å². The van der Waals surface area contributed by atoms with Crippen LogP contribution in [-0.2, 0) is 11.3 Å². The minimum atomic E-state index is -0.501. The third-order valence-corrected chi connectivity index (χ3v) is 3.13. The van der Waals surface area contributed by atoms with Crippen molar-refractivity contribution in [2.24, 2.45) is 0 Å². The van der Waals surface area contributed by atoms with Crippen LogP contribution in [0.3, 0.4) is 0 Å². The molecular formula is C11H18N4O4. The quantitative estimate of drug-likeness (QED) is 0.610. The average Bonchev–Trinajstić information content (AvgIpc) is 2.62. The molecule has 0 saturated heterocycles. The molecule has 0 aliphatic heterocycles. The largest absolute Gasteiger partial charge is 0.394 e. The normalized spacial score (nSPS) is 12.3. The molecule has 1 aromatic heterocycles. The molecule has 0 saturated carbocycles. The van der Waals surface area contributed by atoms with Crippen LogP contribution in [0.5, 0.6) is 0 Å². The number of aliphatic hydroxyl groups is 1. The summed E-state index contributed by atoms with van der Waals surface area (Å²) in [6.45, 7) is 4.58. The van der Waals surface area contributed by atoms with Gasteiger partial charge in [0.05, 0.1) is 17.6 Å². The maximum atomic E-state index is 11.9. The molecule has 1 N–H and O–H groups in total. The molecule has 0 bridgehead atoms. The standard InChI is InChI=1S/C11H18N4O4/c1-7(6-16)13(4)10(17)5-14-9(3)11(15(18)19)8(2)12-14/h7,16H,5-6H2,1-4H3. The molecule has 0 spiro atoms. The van der Waals surface area contributed by atoms with E-state index in [1.807, 2.05) is 0 Å². The Hall–Kier alpha value is -1.96. The zero-order valence-electron chi connectivity index (χ0n) is 11.5. The third-order valence-electron chi connectivity index (χ3n) is 3.13. The number of aromatic nitrogens is 2. The van der Waals surface area contributed by atoms with E-state index in [1.54, 1.807) is 20.9 Å². The number of hydrogen-bond acceptors (Lipinski definition) is 5. The van der Waals surface area contributed by atoms with Crippen molar-refractivity contribution in [3.05, 3.63) is 21.5 Å². The molecule has 1 unspecified atom stereocenters. The number of nitrogens with zero attached hydrogens (tertiary/aromatic N) is 4. The topological polar surface area (TPSA) is 102 Å². The summed E-state index contributed by atoms with van der Waals surface area (Å²) in [6, 6.07) is -0.306. The van der Waals surface area contributed by atoms with Crippen LogP contribution in [0.2, 0.25) is 0 Å². The lowest BCUT2D eigenvalue weighted by Crippen LogP contribution is -2.39. The molecule has 0 fully saturated rings. The smallest absolute Gasteiger partial charge is 0.312 e. The first-order valence-electron chi connectivity index (χ1n) is 5.84. The van der Waals surface area contributed by atoms with Crippen molar-refractivity contribution in [1.29, 1.82) is 0 Å². The lowest BCUT2D eigenvalue weighted by molar-refractivity contribution is -0.386. The highest BCUT2D eigenvalue weighted by Crippen LogP contribution is 2.21. The van der Waals surface area contributed by atoms with E-state index in [4.69, 9.17) is 5.11 Å². The van der Waals surface area contributed by atoms with Gasteiger partial charge < -0.3 is 10.0 Å². The number of aliphatic hydroxyl groups excluding tert-OH is 1. The highest BCUT2D eigenvalue weighted by atomic mass is 16.6. The molecule has 0 radical (unpaired) electrons. The summed E-state index contributed by atoms with van der Waals surface area (Å²) >= 11 is 0. The maximum Gasteiger partial charge on any atom is 0.312 e. The third kappa shape index (κ3) is 3.08. The Kier molecular flexibility index (Phi) is 4.60. The number of aryl methyl sites for hydroxylation is 1. The van der Waals surface area contributed by atoms with Crippen molar-refractivity contribution < 1.29 is 14.8 Å². The van der Waals surface area contributed by atoms with Gasteiger partial charge in [0.25, 0.3) is 0 Å². The van der Waals surface area contributed by atoms with E-state index >= 15 is 0 Å². The zero-order valence-corrected chi connectivity index (χ0v) is 11.5. The zero-order chi connectivity index (χ0) is 14.7. The molecular weight excluding hydrogens is 252 g/mol. The molecule has 8 nitrogen and oxygen atoms in total. The first-order valence-corrected chi connectivity index (χ1v) is 5.84. The van der Waals surface area contributed by atoms with Crippen LogP contribution in [0.15, 0.2) is 0 Å². The Morgan fingerprint density at radius 3 is 2.58 bits per heavy atom. The summed E-state index contributed by atoms with van der Waals surface area (Å²) in [5.41, 5.74) is 0.569. The lowest BCUT2D eigenvalue weighted by Gasteiger charge is -2.23. The molecule has 0 aromatic carbocycles. The van der Waals surface area contributed by atoms with Crippen molar-refractivity contribution in [3.8, 4) is 0 Å². The molecule has 1 amide bonds. The number of hydrogen-bond donors (Lipinski definition) is 1. The van der Waals surface area contributed by atoms with Gasteiger partial charge >= 0.3 is 5.69 Å². The van der Waals surface area contributed by atoms with Crippen molar-refractivity contribution in [1.82, 2.24) is 14.7 Å². The van der Waals surface area contributed by atoms with Gasteiger partial charge in [0, 0.05) is 7.05 Å².